The van der Waals surface area contributed by atoms with Crippen molar-refractivity contribution in [2.45, 2.75) is 0 Å². The highest BCUT2D eigenvalue weighted by Crippen LogP contribution is 2.34. The quantitative estimate of drug-likeness (QED) is 0.588. The van der Waals surface area contributed by atoms with Crippen molar-refractivity contribution in [1.29, 1.82) is 0 Å². The Bertz CT molecular complexity index is 496. The van der Waals surface area contributed by atoms with Crippen LogP contribution >= 0.6 is 70.5 Å². The summed E-state index contributed by atoms with van der Waals surface area (Å²) in [5.41, 5.74) is 0. The van der Waals surface area contributed by atoms with Gasteiger partial charge in [-0.3, -0.25) is 4.79 Å². The fourth-order valence-electron chi connectivity index (χ4n) is 1.02. The van der Waals surface area contributed by atoms with Crippen LogP contribution in [0.25, 0.3) is 0 Å². The number of carbonyl (C=O) groups is 1. The Balaban J connectivity index is 2.36. The SMILES string of the molecule is O=C(c1ccc(Br)s1)c1cc(Br)c(Br)s1. The normalized spacial score (nSPS) is 10.6. The van der Waals surface area contributed by atoms with E-state index in [1.807, 2.05) is 18.2 Å². The average Bonchev–Trinajstić information content (AvgIpc) is 2.74. The van der Waals surface area contributed by atoms with Crippen molar-refractivity contribution in [2.24, 2.45) is 0 Å². The molecule has 0 atom stereocenters. The highest BCUT2D eigenvalue weighted by molar-refractivity contribution is 9.13. The van der Waals surface area contributed by atoms with Crippen LogP contribution in [-0.4, -0.2) is 5.78 Å². The number of hydrogen-bond acceptors (Lipinski definition) is 3. The second kappa shape index (κ2) is 4.79. The molecule has 6 heteroatoms. The van der Waals surface area contributed by atoms with Crippen LogP contribution in [0.5, 0.6) is 0 Å². The first-order chi connectivity index (χ1) is 7.08. The Morgan fingerprint density at radius 1 is 1.07 bits per heavy atom. The van der Waals surface area contributed by atoms with Crippen molar-refractivity contribution < 1.29 is 4.79 Å². The molecule has 0 aliphatic rings. The Hall–Kier alpha value is 0.510. The molecule has 2 aromatic heterocycles. The van der Waals surface area contributed by atoms with Gasteiger partial charge >= 0.3 is 0 Å². The van der Waals surface area contributed by atoms with Crippen LogP contribution in [0.2, 0.25) is 0 Å². The third kappa shape index (κ3) is 2.61. The molecule has 0 aliphatic heterocycles. The lowest BCUT2D eigenvalue weighted by Gasteiger charge is -1.90. The van der Waals surface area contributed by atoms with Gasteiger partial charge < -0.3 is 0 Å². The Morgan fingerprint density at radius 3 is 2.27 bits per heavy atom. The molecule has 0 saturated carbocycles. The van der Waals surface area contributed by atoms with Crippen LogP contribution in [0.4, 0.5) is 0 Å². The van der Waals surface area contributed by atoms with Gasteiger partial charge in [0.1, 0.15) is 0 Å². The summed E-state index contributed by atoms with van der Waals surface area (Å²) >= 11 is 13.0. The molecule has 0 fully saturated rings. The number of thiophene rings is 2. The minimum absolute atomic E-state index is 0.0714. The van der Waals surface area contributed by atoms with E-state index in [-0.39, 0.29) is 5.78 Å². The topological polar surface area (TPSA) is 17.1 Å². The molecule has 15 heavy (non-hydrogen) atoms. The predicted octanol–water partition coefficient (Wildman–Crippen LogP) is 5.33. The van der Waals surface area contributed by atoms with E-state index in [1.54, 1.807) is 0 Å². The van der Waals surface area contributed by atoms with Crippen molar-refractivity contribution in [3.63, 3.8) is 0 Å². The van der Waals surface area contributed by atoms with Gasteiger partial charge in [-0.25, -0.2) is 0 Å². The summed E-state index contributed by atoms with van der Waals surface area (Å²) in [6, 6.07) is 5.55. The van der Waals surface area contributed by atoms with Gasteiger partial charge in [-0.05, 0) is 66.0 Å². The van der Waals surface area contributed by atoms with Crippen LogP contribution < -0.4 is 0 Å². The monoisotopic (exact) mass is 428 g/mol. The predicted molar refractivity (Wildman–Crippen MR) is 75.2 cm³/mol. The molecular formula is C9H3Br3OS2. The number of halogens is 3. The molecule has 0 saturated heterocycles. The van der Waals surface area contributed by atoms with E-state index in [1.165, 1.54) is 22.7 Å². The highest BCUT2D eigenvalue weighted by Gasteiger charge is 2.15. The van der Waals surface area contributed by atoms with Gasteiger partial charge in [-0.1, -0.05) is 0 Å². The smallest absolute Gasteiger partial charge is 0.212 e. The van der Waals surface area contributed by atoms with Gasteiger partial charge in [0.25, 0.3) is 0 Å². The summed E-state index contributed by atoms with van der Waals surface area (Å²) in [4.78, 5) is 13.5. The minimum Gasteiger partial charge on any atom is -0.287 e. The van der Waals surface area contributed by atoms with E-state index in [0.717, 1.165) is 21.8 Å². The summed E-state index contributed by atoms with van der Waals surface area (Å²) in [5, 5.41) is 0. The van der Waals surface area contributed by atoms with Crippen molar-refractivity contribution in [1.82, 2.24) is 0 Å². The zero-order valence-corrected chi connectivity index (χ0v) is 13.5. The van der Waals surface area contributed by atoms with E-state index >= 15 is 0 Å². The van der Waals surface area contributed by atoms with Crippen LogP contribution in [0.15, 0.2) is 30.2 Å². The van der Waals surface area contributed by atoms with Crippen molar-refractivity contribution >= 4 is 76.2 Å². The summed E-state index contributed by atoms with van der Waals surface area (Å²) in [7, 11) is 0. The summed E-state index contributed by atoms with van der Waals surface area (Å²) in [6.45, 7) is 0. The maximum Gasteiger partial charge on any atom is 0.212 e. The molecule has 0 amide bonds. The zero-order chi connectivity index (χ0) is 11.0. The molecule has 0 radical (unpaired) electrons. The third-order valence-electron chi connectivity index (χ3n) is 1.67. The summed E-state index contributed by atoms with van der Waals surface area (Å²) in [6.07, 6.45) is 0. The fraction of sp³-hybridized carbons (Fsp3) is 0. The average molecular weight is 431 g/mol. The van der Waals surface area contributed by atoms with Gasteiger partial charge in [0.05, 0.1) is 17.3 Å². The van der Waals surface area contributed by atoms with Crippen molar-refractivity contribution in [3.8, 4) is 0 Å². The lowest BCUT2D eigenvalue weighted by Crippen LogP contribution is -1.93. The second-order valence-corrected chi connectivity index (χ2v) is 8.35. The van der Waals surface area contributed by atoms with Gasteiger partial charge in [0.15, 0.2) is 0 Å². The first kappa shape index (κ1) is 12.0. The molecule has 1 nitrogen and oxygen atoms in total. The largest absolute Gasteiger partial charge is 0.287 e. The van der Waals surface area contributed by atoms with E-state index in [9.17, 15) is 4.79 Å². The van der Waals surface area contributed by atoms with Crippen LogP contribution in [0.3, 0.4) is 0 Å². The van der Waals surface area contributed by atoms with Gasteiger partial charge in [0.2, 0.25) is 5.78 Å². The van der Waals surface area contributed by atoms with E-state index in [0.29, 0.717) is 0 Å². The van der Waals surface area contributed by atoms with Crippen LogP contribution in [0, 0.1) is 0 Å². The molecule has 0 aliphatic carbocycles. The molecular weight excluding hydrogens is 428 g/mol. The molecule has 0 bridgehead atoms. The van der Waals surface area contributed by atoms with E-state index < -0.39 is 0 Å². The first-order valence-electron chi connectivity index (χ1n) is 3.83. The number of rotatable bonds is 2. The fourth-order valence-corrected chi connectivity index (χ4v) is 4.41. The first-order valence-corrected chi connectivity index (χ1v) is 7.84. The molecule has 2 rings (SSSR count). The van der Waals surface area contributed by atoms with Crippen LogP contribution in [-0.2, 0) is 0 Å². The third-order valence-corrected chi connectivity index (χ3v) is 6.54. The molecule has 0 unspecified atom stereocenters. The maximum absolute atomic E-state index is 12.0. The maximum atomic E-state index is 12.0. The van der Waals surface area contributed by atoms with E-state index in [4.69, 9.17) is 0 Å². The molecule has 2 aromatic rings. The lowest BCUT2D eigenvalue weighted by atomic mass is 10.3. The highest BCUT2D eigenvalue weighted by atomic mass is 79.9. The van der Waals surface area contributed by atoms with Gasteiger partial charge in [-0.2, -0.15) is 0 Å². The van der Waals surface area contributed by atoms with Gasteiger partial charge in [0, 0.05) is 4.47 Å². The van der Waals surface area contributed by atoms with Gasteiger partial charge in [-0.15, -0.1) is 22.7 Å². The Morgan fingerprint density at radius 2 is 1.80 bits per heavy atom. The summed E-state index contributed by atoms with van der Waals surface area (Å²) < 4.78 is 2.84. The molecule has 2 heterocycles. The van der Waals surface area contributed by atoms with Crippen LogP contribution in [0.1, 0.15) is 14.5 Å². The molecule has 0 N–H and O–H groups in total. The van der Waals surface area contributed by atoms with Crippen molar-refractivity contribution in [2.75, 3.05) is 0 Å². The lowest BCUT2D eigenvalue weighted by molar-refractivity contribution is 0.104. The number of ketones is 1. The summed E-state index contributed by atoms with van der Waals surface area (Å²) in [5.74, 6) is 0.0714. The molecule has 0 aromatic carbocycles. The Kier molecular flexibility index (Phi) is 3.83. The van der Waals surface area contributed by atoms with E-state index in [2.05, 4.69) is 47.8 Å². The standard InChI is InChI=1S/C9H3Br3OS2/c10-4-3-6(15-9(4)12)8(13)5-1-2-7(11)14-5/h1-3H. The zero-order valence-electron chi connectivity index (χ0n) is 7.09. The second-order valence-electron chi connectivity index (χ2n) is 2.67. The Labute approximate surface area is 120 Å². The molecule has 78 valence electrons. The molecule has 0 spiro atoms. The minimum atomic E-state index is 0.0714. The van der Waals surface area contributed by atoms with Crippen molar-refractivity contribution in [3.05, 3.63) is 40.0 Å². The number of hydrogen-bond donors (Lipinski definition) is 0. The number of carbonyl (C=O) groups excluding carboxylic acids is 1.